The molecule has 0 radical (unpaired) electrons. The molecule has 1 aromatic heterocycles. The summed E-state index contributed by atoms with van der Waals surface area (Å²) in [5.41, 5.74) is 2.63. The minimum atomic E-state index is -0.320. The van der Waals surface area contributed by atoms with Crippen molar-refractivity contribution in [2.45, 2.75) is 6.92 Å². The second kappa shape index (κ2) is 4.78. The van der Waals surface area contributed by atoms with E-state index in [1.807, 2.05) is 0 Å². The van der Waals surface area contributed by atoms with Crippen LogP contribution in [0.3, 0.4) is 0 Å². The van der Waals surface area contributed by atoms with E-state index in [0.29, 0.717) is 17.4 Å². The van der Waals surface area contributed by atoms with E-state index in [0.717, 1.165) is 0 Å². The number of hydrogen-bond acceptors (Lipinski definition) is 5. The number of amides is 1. The Morgan fingerprint density at radius 3 is 3.08 bits per heavy atom. The van der Waals surface area contributed by atoms with Crippen LogP contribution in [0.15, 0.2) is 5.38 Å². The molecule has 0 saturated heterocycles. The molecule has 0 aliphatic carbocycles. The molecule has 0 fully saturated rings. The lowest BCUT2D eigenvalue weighted by atomic mass is 10.5. The van der Waals surface area contributed by atoms with Crippen molar-refractivity contribution in [1.29, 1.82) is 0 Å². The number of nitrogens with zero attached hydrogens (tertiary/aromatic N) is 1. The van der Waals surface area contributed by atoms with Crippen LogP contribution in [0, 0.1) is 0 Å². The standard InChI is InChI=1S/C7H11N3O2S/c1-3-12-10-6(11)5-4-13-7(8-2)9-5/h4H,3H2,1-2H3,(H,8,9)(H,10,11). The highest BCUT2D eigenvalue weighted by Crippen LogP contribution is 2.13. The minimum Gasteiger partial charge on any atom is -0.365 e. The zero-order valence-electron chi connectivity index (χ0n) is 7.46. The summed E-state index contributed by atoms with van der Waals surface area (Å²) >= 11 is 1.37. The Morgan fingerprint density at radius 2 is 2.54 bits per heavy atom. The van der Waals surface area contributed by atoms with Crippen molar-refractivity contribution in [2.75, 3.05) is 19.0 Å². The van der Waals surface area contributed by atoms with Crippen LogP contribution in [0.1, 0.15) is 17.4 Å². The molecule has 1 heterocycles. The summed E-state index contributed by atoms with van der Waals surface area (Å²) in [6.45, 7) is 2.23. The summed E-state index contributed by atoms with van der Waals surface area (Å²) < 4.78 is 0. The van der Waals surface area contributed by atoms with Crippen molar-refractivity contribution >= 4 is 22.4 Å². The molecule has 13 heavy (non-hydrogen) atoms. The molecule has 0 saturated carbocycles. The predicted octanol–water partition coefficient (Wildman–Crippen LogP) is 0.866. The topological polar surface area (TPSA) is 63.2 Å². The fraction of sp³-hybridized carbons (Fsp3) is 0.429. The van der Waals surface area contributed by atoms with Crippen LogP contribution in [-0.2, 0) is 4.84 Å². The van der Waals surface area contributed by atoms with Crippen molar-refractivity contribution < 1.29 is 9.63 Å². The van der Waals surface area contributed by atoms with Gasteiger partial charge in [0.25, 0.3) is 5.91 Å². The van der Waals surface area contributed by atoms with Gasteiger partial charge in [-0.3, -0.25) is 9.63 Å². The fourth-order valence-electron chi connectivity index (χ4n) is 0.683. The van der Waals surface area contributed by atoms with Crippen molar-refractivity contribution in [3.05, 3.63) is 11.1 Å². The van der Waals surface area contributed by atoms with Gasteiger partial charge in [0.15, 0.2) is 5.13 Å². The van der Waals surface area contributed by atoms with Gasteiger partial charge in [0.2, 0.25) is 0 Å². The molecule has 1 aromatic rings. The summed E-state index contributed by atoms with van der Waals surface area (Å²) in [7, 11) is 1.75. The zero-order valence-corrected chi connectivity index (χ0v) is 8.27. The minimum absolute atomic E-state index is 0.320. The van der Waals surface area contributed by atoms with Gasteiger partial charge in [-0.2, -0.15) is 0 Å². The highest BCUT2D eigenvalue weighted by atomic mass is 32.1. The molecular weight excluding hydrogens is 190 g/mol. The first kappa shape index (κ1) is 9.94. The van der Waals surface area contributed by atoms with Crippen LogP contribution in [0.5, 0.6) is 0 Å². The first-order chi connectivity index (χ1) is 6.27. The quantitative estimate of drug-likeness (QED) is 0.709. The Morgan fingerprint density at radius 1 is 1.77 bits per heavy atom. The third kappa shape index (κ3) is 2.67. The van der Waals surface area contributed by atoms with Gasteiger partial charge in [-0.15, -0.1) is 11.3 Å². The molecule has 1 amide bonds. The van der Waals surface area contributed by atoms with E-state index in [1.54, 1.807) is 19.4 Å². The average molecular weight is 201 g/mol. The van der Waals surface area contributed by atoms with Gasteiger partial charge in [0.05, 0.1) is 6.61 Å². The molecule has 72 valence electrons. The lowest BCUT2D eigenvalue weighted by Gasteiger charge is -1.99. The van der Waals surface area contributed by atoms with E-state index in [9.17, 15) is 4.79 Å². The van der Waals surface area contributed by atoms with Gasteiger partial charge in [0, 0.05) is 12.4 Å². The third-order valence-electron chi connectivity index (χ3n) is 1.26. The highest BCUT2D eigenvalue weighted by molar-refractivity contribution is 7.13. The summed E-state index contributed by atoms with van der Waals surface area (Å²) in [5.74, 6) is -0.320. The second-order valence-corrected chi connectivity index (χ2v) is 3.01. The average Bonchev–Trinajstić information content (AvgIpc) is 2.62. The number of thiazole rings is 1. The van der Waals surface area contributed by atoms with Crippen LogP contribution in [0.25, 0.3) is 0 Å². The number of carbonyl (C=O) groups is 1. The molecule has 0 aliphatic rings. The van der Waals surface area contributed by atoms with Crippen LogP contribution in [-0.4, -0.2) is 24.5 Å². The monoisotopic (exact) mass is 201 g/mol. The van der Waals surface area contributed by atoms with Crippen molar-refractivity contribution in [2.24, 2.45) is 0 Å². The van der Waals surface area contributed by atoms with Gasteiger partial charge < -0.3 is 5.32 Å². The van der Waals surface area contributed by atoms with E-state index >= 15 is 0 Å². The maximum Gasteiger partial charge on any atom is 0.294 e. The number of carbonyl (C=O) groups excluding carboxylic acids is 1. The van der Waals surface area contributed by atoms with Crippen LogP contribution in [0.4, 0.5) is 5.13 Å². The SMILES string of the molecule is CCONC(=O)c1csc(NC)n1. The summed E-state index contributed by atoms with van der Waals surface area (Å²) in [6, 6.07) is 0. The van der Waals surface area contributed by atoms with E-state index in [-0.39, 0.29) is 5.91 Å². The summed E-state index contributed by atoms with van der Waals surface area (Å²) in [4.78, 5) is 19.9. The molecule has 6 heteroatoms. The molecule has 5 nitrogen and oxygen atoms in total. The molecule has 1 rings (SSSR count). The van der Waals surface area contributed by atoms with Crippen LogP contribution >= 0.6 is 11.3 Å². The van der Waals surface area contributed by atoms with E-state index < -0.39 is 0 Å². The van der Waals surface area contributed by atoms with E-state index in [2.05, 4.69) is 15.8 Å². The largest absolute Gasteiger partial charge is 0.365 e. The van der Waals surface area contributed by atoms with Gasteiger partial charge >= 0.3 is 0 Å². The second-order valence-electron chi connectivity index (χ2n) is 2.15. The van der Waals surface area contributed by atoms with E-state index in [1.165, 1.54) is 11.3 Å². The number of nitrogens with one attached hydrogen (secondary N) is 2. The predicted molar refractivity (Wildman–Crippen MR) is 50.8 cm³/mol. The smallest absolute Gasteiger partial charge is 0.294 e. The Hall–Kier alpha value is -1.14. The molecule has 0 atom stereocenters. The number of anilines is 1. The first-order valence-electron chi connectivity index (χ1n) is 3.83. The molecule has 0 bridgehead atoms. The zero-order chi connectivity index (χ0) is 9.68. The van der Waals surface area contributed by atoms with Gasteiger partial charge in [-0.25, -0.2) is 10.5 Å². The number of hydrogen-bond donors (Lipinski definition) is 2. The molecule has 2 N–H and O–H groups in total. The van der Waals surface area contributed by atoms with Gasteiger partial charge in [-0.1, -0.05) is 0 Å². The summed E-state index contributed by atoms with van der Waals surface area (Å²) in [5, 5.41) is 5.22. The van der Waals surface area contributed by atoms with Crippen LogP contribution in [0.2, 0.25) is 0 Å². The Balaban J connectivity index is 2.55. The highest BCUT2D eigenvalue weighted by Gasteiger charge is 2.09. The Kier molecular flexibility index (Phi) is 3.66. The van der Waals surface area contributed by atoms with Gasteiger partial charge in [0.1, 0.15) is 5.69 Å². The Labute approximate surface area is 80.1 Å². The lowest BCUT2D eigenvalue weighted by Crippen LogP contribution is -2.23. The van der Waals surface area contributed by atoms with Crippen molar-refractivity contribution in [3.8, 4) is 0 Å². The van der Waals surface area contributed by atoms with E-state index in [4.69, 9.17) is 4.84 Å². The molecule has 0 unspecified atom stereocenters. The van der Waals surface area contributed by atoms with Crippen molar-refractivity contribution in [1.82, 2.24) is 10.5 Å². The lowest BCUT2D eigenvalue weighted by molar-refractivity contribution is 0.0360. The Bertz CT molecular complexity index is 287. The van der Waals surface area contributed by atoms with Gasteiger partial charge in [-0.05, 0) is 6.92 Å². The molecular formula is C7H11N3O2S. The molecule has 0 aromatic carbocycles. The fourth-order valence-corrected chi connectivity index (χ4v) is 1.33. The first-order valence-corrected chi connectivity index (χ1v) is 4.71. The number of rotatable bonds is 4. The van der Waals surface area contributed by atoms with Crippen LogP contribution < -0.4 is 10.8 Å². The number of hydroxylamine groups is 1. The molecule has 0 aliphatic heterocycles. The normalized spacial score (nSPS) is 9.69. The third-order valence-corrected chi connectivity index (χ3v) is 2.12. The summed E-state index contributed by atoms with van der Waals surface area (Å²) in [6.07, 6.45) is 0. The van der Waals surface area contributed by atoms with Crippen molar-refractivity contribution in [3.63, 3.8) is 0 Å². The number of aromatic nitrogens is 1. The maximum absolute atomic E-state index is 11.2. The molecule has 0 spiro atoms. The maximum atomic E-state index is 11.2.